The standard InChI is InChI=1S/C6H5N3/c1-2-7-3-6-5(1)8-4-9-6/h1-3,8-9H. The molecule has 2 radical (unpaired) electrons. The minimum Gasteiger partial charge on any atom is -0.354 e. The minimum absolute atomic E-state index is 0.984. The quantitative estimate of drug-likeness (QED) is 0.533. The summed E-state index contributed by atoms with van der Waals surface area (Å²) >= 11 is 0. The predicted molar refractivity (Wildman–Crippen MR) is 34.7 cm³/mol. The van der Waals surface area contributed by atoms with Gasteiger partial charge in [-0.05, 0) is 6.07 Å². The Labute approximate surface area is 53.1 Å². The van der Waals surface area contributed by atoms with Gasteiger partial charge in [0.1, 0.15) is 0 Å². The van der Waals surface area contributed by atoms with Crippen LogP contribution in [-0.2, 0) is 0 Å². The Hall–Kier alpha value is -1.25. The van der Waals surface area contributed by atoms with Crippen LogP contribution in [0.25, 0.3) is 0 Å². The molecule has 1 aromatic rings. The van der Waals surface area contributed by atoms with E-state index < -0.39 is 0 Å². The van der Waals surface area contributed by atoms with Crippen LogP contribution in [0.4, 0.5) is 11.4 Å². The zero-order chi connectivity index (χ0) is 6.10. The first kappa shape index (κ1) is 4.61. The van der Waals surface area contributed by atoms with E-state index in [-0.39, 0.29) is 0 Å². The van der Waals surface area contributed by atoms with E-state index in [9.17, 15) is 0 Å². The minimum atomic E-state index is 0.984. The summed E-state index contributed by atoms with van der Waals surface area (Å²) in [4.78, 5) is 3.91. The number of aromatic nitrogens is 1. The van der Waals surface area contributed by atoms with Gasteiger partial charge in [0, 0.05) is 6.20 Å². The molecular weight excluding hydrogens is 114 g/mol. The molecule has 0 unspecified atom stereocenters. The summed E-state index contributed by atoms with van der Waals surface area (Å²) in [6.07, 6.45) is 3.49. The molecule has 2 rings (SSSR count). The van der Waals surface area contributed by atoms with Crippen LogP contribution in [0.1, 0.15) is 0 Å². The lowest BCUT2D eigenvalue weighted by atomic mass is 10.4. The second-order valence-electron chi connectivity index (χ2n) is 1.80. The van der Waals surface area contributed by atoms with E-state index in [1.54, 1.807) is 12.4 Å². The van der Waals surface area contributed by atoms with Crippen molar-refractivity contribution in [3.8, 4) is 0 Å². The number of rotatable bonds is 0. The highest BCUT2D eigenvalue weighted by Crippen LogP contribution is 2.24. The molecule has 44 valence electrons. The van der Waals surface area contributed by atoms with Crippen molar-refractivity contribution in [2.24, 2.45) is 0 Å². The fourth-order valence-corrected chi connectivity index (χ4v) is 0.769. The van der Waals surface area contributed by atoms with Crippen molar-refractivity contribution in [2.75, 3.05) is 10.6 Å². The molecule has 2 N–H and O–H groups in total. The van der Waals surface area contributed by atoms with Crippen molar-refractivity contribution >= 4 is 11.4 Å². The third-order valence-electron chi connectivity index (χ3n) is 1.22. The number of hydrogen-bond acceptors (Lipinski definition) is 3. The van der Waals surface area contributed by atoms with Crippen molar-refractivity contribution in [3.63, 3.8) is 0 Å². The fourth-order valence-electron chi connectivity index (χ4n) is 0.769. The first-order chi connectivity index (χ1) is 4.47. The summed E-state index contributed by atoms with van der Waals surface area (Å²) in [5, 5.41) is 5.78. The van der Waals surface area contributed by atoms with Gasteiger partial charge in [-0.15, -0.1) is 0 Å². The van der Waals surface area contributed by atoms with E-state index in [0.717, 1.165) is 11.4 Å². The molecule has 0 aromatic carbocycles. The normalized spacial score (nSPS) is 13.8. The van der Waals surface area contributed by atoms with Crippen LogP contribution >= 0.6 is 0 Å². The molecule has 0 amide bonds. The molecule has 1 aliphatic rings. The van der Waals surface area contributed by atoms with Crippen molar-refractivity contribution in [1.29, 1.82) is 0 Å². The molecule has 0 bridgehead atoms. The van der Waals surface area contributed by atoms with Crippen LogP contribution < -0.4 is 10.6 Å². The van der Waals surface area contributed by atoms with Gasteiger partial charge in [-0.3, -0.25) is 4.98 Å². The maximum Gasteiger partial charge on any atom is 0.203 e. The maximum absolute atomic E-state index is 3.91. The predicted octanol–water partition coefficient (Wildman–Crippen LogP) is 0.915. The van der Waals surface area contributed by atoms with Gasteiger partial charge >= 0.3 is 0 Å². The summed E-state index contributed by atoms with van der Waals surface area (Å²) in [6.45, 7) is 2.75. The van der Waals surface area contributed by atoms with Crippen molar-refractivity contribution < 1.29 is 0 Å². The Bertz CT molecular complexity index is 198. The molecule has 0 fully saturated rings. The Balaban J connectivity index is 2.54. The number of pyridine rings is 1. The van der Waals surface area contributed by atoms with Crippen LogP contribution in [0.3, 0.4) is 0 Å². The van der Waals surface area contributed by atoms with Crippen LogP contribution in [0.2, 0.25) is 0 Å². The first-order valence-electron chi connectivity index (χ1n) is 2.68. The van der Waals surface area contributed by atoms with Crippen LogP contribution in [-0.4, -0.2) is 4.98 Å². The molecule has 9 heavy (non-hydrogen) atoms. The third-order valence-corrected chi connectivity index (χ3v) is 1.22. The summed E-state index contributed by atoms with van der Waals surface area (Å²) in [5.74, 6) is 0. The second-order valence-corrected chi connectivity index (χ2v) is 1.80. The molecule has 0 saturated carbocycles. The molecule has 0 aliphatic carbocycles. The Morgan fingerprint density at radius 3 is 3.11 bits per heavy atom. The number of fused-ring (bicyclic) bond motifs is 1. The van der Waals surface area contributed by atoms with Gasteiger partial charge in [-0.25, -0.2) is 0 Å². The van der Waals surface area contributed by atoms with Crippen molar-refractivity contribution in [2.45, 2.75) is 0 Å². The van der Waals surface area contributed by atoms with Crippen molar-refractivity contribution in [3.05, 3.63) is 25.1 Å². The number of anilines is 2. The largest absolute Gasteiger partial charge is 0.354 e. The number of nitrogens with one attached hydrogen (secondary N) is 2. The monoisotopic (exact) mass is 119 g/mol. The van der Waals surface area contributed by atoms with E-state index in [4.69, 9.17) is 0 Å². The lowest BCUT2D eigenvalue weighted by Gasteiger charge is -1.92. The summed E-state index contributed by atoms with van der Waals surface area (Å²) in [6, 6.07) is 1.89. The molecule has 3 nitrogen and oxygen atoms in total. The van der Waals surface area contributed by atoms with Gasteiger partial charge in [-0.1, -0.05) is 0 Å². The molecule has 1 aromatic heterocycles. The van der Waals surface area contributed by atoms with Crippen LogP contribution in [0.5, 0.6) is 0 Å². The molecule has 3 heteroatoms. The Morgan fingerprint density at radius 2 is 2.22 bits per heavy atom. The number of nitrogens with zero attached hydrogens (tertiary/aromatic N) is 1. The molecular formula is C6H5N3. The second kappa shape index (κ2) is 1.62. The summed E-state index contributed by atoms with van der Waals surface area (Å²) in [7, 11) is 0. The van der Waals surface area contributed by atoms with E-state index in [2.05, 4.69) is 22.3 Å². The molecule has 0 saturated heterocycles. The Kier molecular flexibility index (Phi) is 0.828. The highest BCUT2D eigenvalue weighted by atomic mass is 15.1. The maximum atomic E-state index is 3.91. The SMILES string of the molecule is [C]1Nc2ccncc2N1. The molecule has 2 heterocycles. The lowest BCUT2D eigenvalue weighted by Crippen LogP contribution is -1.89. The third kappa shape index (κ3) is 0.614. The first-order valence-corrected chi connectivity index (χ1v) is 2.68. The highest BCUT2D eigenvalue weighted by Gasteiger charge is 2.07. The zero-order valence-corrected chi connectivity index (χ0v) is 4.68. The van der Waals surface area contributed by atoms with Gasteiger partial charge in [0.05, 0.1) is 17.6 Å². The topological polar surface area (TPSA) is 37.0 Å². The van der Waals surface area contributed by atoms with Gasteiger partial charge in [-0.2, -0.15) is 0 Å². The van der Waals surface area contributed by atoms with E-state index in [0.29, 0.717) is 0 Å². The molecule has 0 spiro atoms. The summed E-state index contributed by atoms with van der Waals surface area (Å²) < 4.78 is 0. The van der Waals surface area contributed by atoms with Crippen molar-refractivity contribution in [1.82, 2.24) is 4.98 Å². The molecule has 0 atom stereocenters. The van der Waals surface area contributed by atoms with E-state index >= 15 is 0 Å². The average Bonchev–Trinajstić information content (AvgIpc) is 2.33. The van der Waals surface area contributed by atoms with Crippen LogP contribution in [0, 0.1) is 6.67 Å². The zero-order valence-electron chi connectivity index (χ0n) is 4.68. The average molecular weight is 119 g/mol. The number of hydrogen-bond donors (Lipinski definition) is 2. The molecule has 1 aliphatic heterocycles. The smallest absolute Gasteiger partial charge is 0.203 e. The Morgan fingerprint density at radius 1 is 1.33 bits per heavy atom. The van der Waals surface area contributed by atoms with Gasteiger partial charge < -0.3 is 10.6 Å². The van der Waals surface area contributed by atoms with E-state index in [1.165, 1.54) is 0 Å². The van der Waals surface area contributed by atoms with Gasteiger partial charge in [0.15, 0.2) is 0 Å². The summed E-state index contributed by atoms with van der Waals surface area (Å²) in [5.41, 5.74) is 2.02. The van der Waals surface area contributed by atoms with E-state index in [1.807, 2.05) is 6.07 Å². The highest BCUT2D eigenvalue weighted by molar-refractivity contribution is 5.73. The van der Waals surface area contributed by atoms with Gasteiger partial charge in [0.25, 0.3) is 0 Å². The fraction of sp³-hybridized carbons (Fsp3) is 0. The van der Waals surface area contributed by atoms with Crippen LogP contribution in [0.15, 0.2) is 18.5 Å². The lowest BCUT2D eigenvalue weighted by molar-refractivity contribution is 1.34. The van der Waals surface area contributed by atoms with Gasteiger partial charge in [0.2, 0.25) is 6.67 Å².